The highest BCUT2D eigenvalue weighted by molar-refractivity contribution is 6.31. The number of carbonyl (C=O) groups excluding carboxylic acids is 1. The van der Waals surface area contributed by atoms with Gasteiger partial charge in [-0.2, -0.15) is 13.2 Å². The van der Waals surface area contributed by atoms with Gasteiger partial charge in [-0.25, -0.2) is 0 Å². The lowest BCUT2D eigenvalue weighted by atomic mass is 10.3. The highest BCUT2D eigenvalue weighted by Gasteiger charge is 2.27. The Bertz CT molecular complexity index is 628. The number of nitrogens with one attached hydrogen (secondary N) is 1. The number of nitrogens with zero attached hydrogens (tertiary/aromatic N) is 3. The molecule has 1 N–H and O–H groups in total. The van der Waals surface area contributed by atoms with Crippen molar-refractivity contribution in [1.82, 2.24) is 20.5 Å². The Labute approximate surface area is 115 Å². The molecule has 0 bridgehead atoms. The zero-order valence-electron chi connectivity index (χ0n) is 9.82. The molecule has 0 atom stereocenters. The van der Waals surface area contributed by atoms with Crippen LogP contribution in [0, 0.1) is 0 Å². The van der Waals surface area contributed by atoms with Gasteiger partial charge in [0.1, 0.15) is 17.6 Å². The largest absolute Gasteiger partial charge is 0.405 e. The highest BCUT2D eigenvalue weighted by Crippen LogP contribution is 2.16. The normalized spacial score (nSPS) is 11.6. The van der Waals surface area contributed by atoms with Gasteiger partial charge in [-0.3, -0.25) is 4.79 Å². The van der Waals surface area contributed by atoms with Crippen LogP contribution in [-0.4, -0.2) is 40.4 Å². The summed E-state index contributed by atoms with van der Waals surface area (Å²) in [6.45, 7) is -2.04. The molecule has 1 heterocycles. The first-order chi connectivity index (χ1) is 9.35. The van der Waals surface area contributed by atoms with E-state index in [1.165, 1.54) is 6.07 Å². The number of carbonyl (C=O) groups is 1. The molecule has 1 aromatic carbocycles. The van der Waals surface area contributed by atoms with Gasteiger partial charge in [0.05, 0.1) is 0 Å². The summed E-state index contributed by atoms with van der Waals surface area (Å²) >= 11 is 5.78. The molecule has 0 unspecified atom stereocenters. The summed E-state index contributed by atoms with van der Waals surface area (Å²) in [6, 6.07) is 4.69. The van der Waals surface area contributed by atoms with Crippen molar-refractivity contribution in [3.05, 3.63) is 23.2 Å². The van der Waals surface area contributed by atoms with Gasteiger partial charge >= 0.3 is 6.18 Å². The van der Waals surface area contributed by atoms with Crippen LogP contribution in [0.2, 0.25) is 5.02 Å². The average Bonchev–Trinajstić information content (AvgIpc) is 2.75. The molecule has 0 fully saturated rings. The van der Waals surface area contributed by atoms with Gasteiger partial charge < -0.3 is 10.2 Å². The summed E-state index contributed by atoms with van der Waals surface area (Å²) in [7, 11) is 0. The maximum Gasteiger partial charge on any atom is 0.405 e. The van der Waals surface area contributed by atoms with Gasteiger partial charge in [-0.1, -0.05) is 16.4 Å². The van der Waals surface area contributed by atoms with Crippen LogP contribution in [0.25, 0.3) is 11.0 Å². The number of alkyl halides is 3. The maximum atomic E-state index is 11.9. The molecule has 10 heteroatoms. The number of halogens is 4. The third-order valence-electron chi connectivity index (χ3n) is 2.18. The van der Waals surface area contributed by atoms with E-state index in [0.717, 1.165) is 4.85 Å². The van der Waals surface area contributed by atoms with Gasteiger partial charge in [-0.15, -0.1) is 5.10 Å². The summed E-state index contributed by atoms with van der Waals surface area (Å²) in [5.74, 6) is -0.923. The summed E-state index contributed by atoms with van der Waals surface area (Å²) < 4.78 is 35.7. The SMILES string of the molecule is O=C(COn1nnc2ccc(Cl)cc21)NCC(F)(F)F. The molecule has 0 spiro atoms. The quantitative estimate of drug-likeness (QED) is 0.921. The summed E-state index contributed by atoms with van der Waals surface area (Å²) in [4.78, 5) is 17.0. The third kappa shape index (κ3) is 3.73. The van der Waals surface area contributed by atoms with Crippen molar-refractivity contribution >= 4 is 28.5 Å². The summed E-state index contributed by atoms with van der Waals surface area (Å²) in [6.07, 6.45) is -4.47. The van der Waals surface area contributed by atoms with Crippen molar-refractivity contribution in [2.75, 3.05) is 13.2 Å². The van der Waals surface area contributed by atoms with Crippen molar-refractivity contribution < 1.29 is 22.8 Å². The highest BCUT2D eigenvalue weighted by atomic mass is 35.5. The van der Waals surface area contributed by atoms with E-state index >= 15 is 0 Å². The van der Waals surface area contributed by atoms with Crippen molar-refractivity contribution in [2.45, 2.75) is 6.18 Å². The van der Waals surface area contributed by atoms with Gasteiger partial charge in [0.2, 0.25) is 0 Å². The van der Waals surface area contributed by atoms with E-state index in [9.17, 15) is 18.0 Å². The summed E-state index contributed by atoms with van der Waals surface area (Å²) in [5.41, 5.74) is 0.881. The van der Waals surface area contributed by atoms with E-state index < -0.39 is 25.2 Å². The Morgan fingerprint density at radius 3 is 2.90 bits per heavy atom. The lowest BCUT2D eigenvalue weighted by Crippen LogP contribution is -2.38. The van der Waals surface area contributed by atoms with E-state index in [2.05, 4.69) is 10.3 Å². The molecule has 0 aliphatic rings. The van der Waals surface area contributed by atoms with E-state index in [1.54, 1.807) is 17.4 Å². The summed E-state index contributed by atoms with van der Waals surface area (Å²) in [5, 5.41) is 9.42. The maximum absolute atomic E-state index is 11.9. The van der Waals surface area contributed by atoms with Gasteiger partial charge in [0.25, 0.3) is 5.91 Å². The van der Waals surface area contributed by atoms with Crippen LogP contribution < -0.4 is 10.2 Å². The van der Waals surface area contributed by atoms with Gasteiger partial charge in [0, 0.05) is 5.02 Å². The number of amides is 1. The first-order valence-electron chi connectivity index (χ1n) is 5.33. The zero-order chi connectivity index (χ0) is 14.8. The van der Waals surface area contributed by atoms with Crippen molar-refractivity contribution in [2.24, 2.45) is 0 Å². The van der Waals surface area contributed by atoms with Crippen LogP contribution in [0.15, 0.2) is 18.2 Å². The first kappa shape index (κ1) is 14.4. The number of rotatable bonds is 4. The average molecular weight is 309 g/mol. The fraction of sp³-hybridized carbons (Fsp3) is 0.300. The zero-order valence-corrected chi connectivity index (χ0v) is 10.6. The second-order valence-electron chi connectivity index (χ2n) is 3.76. The lowest BCUT2D eigenvalue weighted by molar-refractivity contribution is -0.141. The molecule has 0 saturated carbocycles. The Morgan fingerprint density at radius 1 is 1.45 bits per heavy atom. The van der Waals surface area contributed by atoms with Crippen LogP contribution in [-0.2, 0) is 4.79 Å². The van der Waals surface area contributed by atoms with Gasteiger partial charge in [-0.05, 0) is 23.4 Å². The minimum atomic E-state index is -4.47. The van der Waals surface area contributed by atoms with Gasteiger partial charge in [0.15, 0.2) is 6.61 Å². The van der Waals surface area contributed by atoms with E-state index in [4.69, 9.17) is 16.4 Å². The molecule has 2 rings (SSSR count). The first-order valence-corrected chi connectivity index (χ1v) is 5.71. The molecule has 20 heavy (non-hydrogen) atoms. The molecule has 0 aliphatic carbocycles. The lowest BCUT2D eigenvalue weighted by Gasteiger charge is -2.08. The molecule has 0 aliphatic heterocycles. The molecule has 1 amide bonds. The van der Waals surface area contributed by atoms with Crippen LogP contribution in [0.4, 0.5) is 13.2 Å². The molecule has 0 saturated heterocycles. The van der Waals surface area contributed by atoms with Crippen LogP contribution in [0.5, 0.6) is 0 Å². The Hall–Kier alpha value is -2.03. The van der Waals surface area contributed by atoms with E-state index in [1.807, 2.05) is 0 Å². The predicted molar refractivity (Wildman–Crippen MR) is 63.0 cm³/mol. The molecule has 0 radical (unpaired) electrons. The van der Waals surface area contributed by atoms with Crippen molar-refractivity contribution in [3.8, 4) is 0 Å². The molecule has 2 aromatic rings. The van der Waals surface area contributed by atoms with Crippen LogP contribution >= 0.6 is 11.6 Å². The second-order valence-corrected chi connectivity index (χ2v) is 4.20. The Kier molecular flexibility index (Phi) is 3.98. The topological polar surface area (TPSA) is 69.0 Å². The van der Waals surface area contributed by atoms with E-state index in [0.29, 0.717) is 16.1 Å². The monoisotopic (exact) mass is 308 g/mol. The number of aromatic nitrogens is 3. The van der Waals surface area contributed by atoms with Crippen molar-refractivity contribution in [1.29, 1.82) is 0 Å². The fourth-order valence-electron chi connectivity index (χ4n) is 1.34. The van der Waals surface area contributed by atoms with E-state index in [-0.39, 0.29) is 0 Å². The third-order valence-corrected chi connectivity index (χ3v) is 2.42. The predicted octanol–water partition coefficient (Wildman–Crippen LogP) is 1.19. The Morgan fingerprint density at radius 2 is 2.20 bits per heavy atom. The van der Waals surface area contributed by atoms with Crippen LogP contribution in [0.1, 0.15) is 0 Å². The standard InChI is InChI=1S/C10H8ClF3N4O2/c11-6-1-2-7-8(3-6)18(17-16-7)20-4-9(19)15-5-10(12,13)14/h1-3H,4-5H2,(H,15,19). The number of hydrogen-bond donors (Lipinski definition) is 1. The number of fused-ring (bicyclic) bond motifs is 1. The smallest absolute Gasteiger partial charge is 0.385 e. The molecule has 6 nitrogen and oxygen atoms in total. The molecule has 108 valence electrons. The molecule has 1 aromatic heterocycles. The second kappa shape index (κ2) is 5.53. The minimum Gasteiger partial charge on any atom is -0.385 e. The minimum absolute atomic E-state index is 0.404. The molecular weight excluding hydrogens is 301 g/mol. The number of benzene rings is 1. The fourth-order valence-corrected chi connectivity index (χ4v) is 1.50. The van der Waals surface area contributed by atoms with Crippen molar-refractivity contribution in [3.63, 3.8) is 0 Å². The number of hydrogen-bond acceptors (Lipinski definition) is 4. The Balaban J connectivity index is 1.96. The molecular formula is C10H8ClF3N4O2. The van der Waals surface area contributed by atoms with Crippen LogP contribution in [0.3, 0.4) is 0 Å².